The highest BCUT2D eigenvalue weighted by Gasteiger charge is 2.12. The Balaban J connectivity index is 1.75. The van der Waals surface area contributed by atoms with Crippen LogP contribution in [0, 0.1) is 0 Å². The van der Waals surface area contributed by atoms with Crippen LogP contribution in [-0.2, 0) is 6.42 Å². The van der Waals surface area contributed by atoms with Crippen molar-refractivity contribution in [2.24, 2.45) is 0 Å². The molecule has 0 bridgehead atoms. The third kappa shape index (κ3) is 2.99. The second-order valence-electron chi connectivity index (χ2n) is 5.97. The predicted molar refractivity (Wildman–Crippen MR) is 101 cm³/mol. The predicted octanol–water partition coefficient (Wildman–Crippen LogP) is 4.00. The Hall–Kier alpha value is -3.34. The van der Waals surface area contributed by atoms with Crippen LogP contribution in [-0.4, -0.2) is 28.8 Å². The van der Waals surface area contributed by atoms with Gasteiger partial charge >= 0.3 is 0 Å². The maximum Gasteiger partial charge on any atom is 0.161 e. The summed E-state index contributed by atoms with van der Waals surface area (Å²) in [6.45, 7) is 0. The van der Waals surface area contributed by atoms with Crippen LogP contribution in [0.15, 0.2) is 66.9 Å². The summed E-state index contributed by atoms with van der Waals surface area (Å²) in [5.74, 6) is 1.38. The molecule has 0 aliphatic carbocycles. The Morgan fingerprint density at radius 1 is 0.885 bits per heavy atom. The van der Waals surface area contributed by atoms with Crippen LogP contribution in [0.5, 0.6) is 11.5 Å². The molecule has 0 unspecified atom stereocenters. The summed E-state index contributed by atoms with van der Waals surface area (Å²) in [7, 11) is 3.26. The number of aromatic nitrogens is 3. The number of rotatable bonds is 5. The molecule has 2 aromatic heterocycles. The molecule has 4 aromatic rings. The highest BCUT2D eigenvalue weighted by atomic mass is 16.5. The molecule has 0 aliphatic heterocycles. The first-order valence-corrected chi connectivity index (χ1v) is 8.38. The molecule has 2 aromatic carbocycles. The molecule has 2 heterocycles. The minimum Gasteiger partial charge on any atom is -0.493 e. The zero-order chi connectivity index (χ0) is 17.9. The lowest BCUT2D eigenvalue weighted by atomic mass is 10.1. The topological polar surface area (TPSA) is 48.7 Å². The van der Waals surface area contributed by atoms with E-state index in [1.54, 1.807) is 14.2 Å². The molecule has 0 atom stereocenters. The third-order valence-corrected chi connectivity index (χ3v) is 4.32. The molecule has 0 spiro atoms. The summed E-state index contributed by atoms with van der Waals surface area (Å²) in [6, 6.07) is 20.1. The van der Waals surface area contributed by atoms with Gasteiger partial charge in [-0.1, -0.05) is 30.3 Å². The lowest BCUT2D eigenvalue weighted by Gasteiger charge is -2.09. The van der Waals surface area contributed by atoms with Gasteiger partial charge in [0, 0.05) is 12.0 Å². The van der Waals surface area contributed by atoms with Gasteiger partial charge in [0.15, 0.2) is 17.1 Å². The van der Waals surface area contributed by atoms with E-state index >= 15 is 0 Å². The van der Waals surface area contributed by atoms with Crippen molar-refractivity contribution in [2.75, 3.05) is 14.2 Å². The second-order valence-corrected chi connectivity index (χ2v) is 5.97. The van der Waals surface area contributed by atoms with E-state index in [1.807, 2.05) is 59.2 Å². The van der Waals surface area contributed by atoms with Gasteiger partial charge in [-0.25, -0.2) is 9.50 Å². The van der Waals surface area contributed by atoms with Crippen molar-refractivity contribution in [3.05, 3.63) is 78.1 Å². The molecule has 0 N–H and O–H groups in total. The number of fused-ring (bicyclic) bond motifs is 1. The summed E-state index contributed by atoms with van der Waals surface area (Å²) >= 11 is 0. The molecule has 0 fully saturated rings. The van der Waals surface area contributed by atoms with Crippen LogP contribution in [0.1, 0.15) is 11.3 Å². The zero-order valence-corrected chi connectivity index (χ0v) is 14.7. The van der Waals surface area contributed by atoms with Gasteiger partial charge in [-0.15, -0.1) is 0 Å². The molecule has 5 nitrogen and oxygen atoms in total. The third-order valence-electron chi connectivity index (χ3n) is 4.32. The summed E-state index contributed by atoms with van der Waals surface area (Å²) in [6.07, 6.45) is 2.61. The van der Waals surface area contributed by atoms with Crippen LogP contribution < -0.4 is 9.47 Å². The van der Waals surface area contributed by atoms with Gasteiger partial charge in [-0.3, -0.25) is 0 Å². The van der Waals surface area contributed by atoms with E-state index in [4.69, 9.17) is 14.6 Å². The number of nitrogens with zero attached hydrogens (tertiary/aromatic N) is 3. The second kappa shape index (κ2) is 6.88. The van der Waals surface area contributed by atoms with Crippen LogP contribution in [0.25, 0.3) is 16.9 Å². The van der Waals surface area contributed by atoms with Crippen molar-refractivity contribution >= 4 is 5.65 Å². The SMILES string of the molecule is COc1ccc(-c2cnc3ccc(Cc4ccccc4)nn23)cc1OC. The fourth-order valence-corrected chi connectivity index (χ4v) is 3.00. The standard InChI is InChI=1S/C21H19N3O2/c1-25-19-10-8-16(13-20(19)26-2)18-14-22-21-11-9-17(23-24(18)21)12-15-6-4-3-5-7-15/h3-11,13-14H,12H2,1-2H3. The summed E-state index contributed by atoms with van der Waals surface area (Å²) < 4.78 is 12.6. The van der Waals surface area contributed by atoms with E-state index < -0.39 is 0 Å². The van der Waals surface area contributed by atoms with Gasteiger partial charge in [0.05, 0.1) is 31.8 Å². The number of methoxy groups -OCH3 is 2. The van der Waals surface area contributed by atoms with Gasteiger partial charge in [-0.2, -0.15) is 5.10 Å². The molecule has 0 aliphatic rings. The van der Waals surface area contributed by atoms with Crippen molar-refractivity contribution < 1.29 is 9.47 Å². The zero-order valence-electron chi connectivity index (χ0n) is 14.7. The van der Waals surface area contributed by atoms with E-state index in [9.17, 15) is 0 Å². The molecule has 26 heavy (non-hydrogen) atoms. The number of hydrogen-bond donors (Lipinski definition) is 0. The maximum atomic E-state index is 5.41. The van der Waals surface area contributed by atoms with Crippen molar-refractivity contribution in [1.29, 1.82) is 0 Å². The largest absolute Gasteiger partial charge is 0.493 e. The van der Waals surface area contributed by atoms with Crippen LogP contribution in [0.3, 0.4) is 0 Å². The molecular formula is C21H19N3O2. The highest BCUT2D eigenvalue weighted by molar-refractivity contribution is 5.66. The first-order valence-electron chi connectivity index (χ1n) is 8.38. The Kier molecular flexibility index (Phi) is 4.27. The maximum absolute atomic E-state index is 5.41. The molecule has 0 saturated heterocycles. The van der Waals surface area contributed by atoms with Crippen molar-refractivity contribution in [3.63, 3.8) is 0 Å². The minimum absolute atomic E-state index is 0.681. The Morgan fingerprint density at radius 2 is 1.69 bits per heavy atom. The molecule has 0 saturated carbocycles. The lowest BCUT2D eigenvalue weighted by molar-refractivity contribution is 0.355. The van der Waals surface area contributed by atoms with Gasteiger partial charge in [0.2, 0.25) is 0 Å². The molecule has 5 heteroatoms. The number of benzene rings is 2. The number of imidazole rings is 1. The Morgan fingerprint density at radius 3 is 2.46 bits per heavy atom. The number of ether oxygens (including phenoxy) is 2. The van der Waals surface area contributed by atoms with E-state index in [1.165, 1.54) is 5.56 Å². The van der Waals surface area contributed by atoms with E-state index in [-0.39, 0.29) is 0 Å². The fourth-order valence-electron chi connectivity index (χ4n) is 3.00. The first-order chi connectivity index (χ1) is 12.8. The molecule has 4 rings (SSSR count). The summed E-state index contributed by atoms with van der Waals surface area (Å²) in [4.78, 5) is 4.47. The van der Waals surface area contributed by atoms with E-state index in [0.717, 1.165) is 29.0 Å². The monoisotopic (exact) mass is 345 g/mol. The molecule has 130 valence electrons. The van der Waals surface area contributed by atoms with Crippen LogP contribution in [0.2, 0.25) is 0 Å². The average Bonchev–Trinajstić information content (AvgIpc) is 3.11. The quantitative estimate of drug-likeness (QED) is 0.548. The van der Waals surface area contributed by atoms with Gasteiger partial charge in [-0.05, 0) is 35.9 Å². The van der Waals surface area contributed by atoms with Gasteiger partial charge in [0.25, 0.3) is 0 Å². The summed E-state index contributed by atoms with van der Waals surface area (Å²) in [5.41, 5.74) is 4.91. The van der Waals surface area contributed by atoms with E-state index in [2.05, 4.69) is 17.1 Å². The average molecular weight is 345 g/mol. The van der Waals surface area contributed by atoms with E-state index in [0.29, 0.717) is 11.5 Å². The van der Waals surface area contributed by atoms with Crippen LogP contribution in [0.4, 0.5) is 0 Å². The Labute approximate surface area is 151 Å². The highest BCUT2D eigenvalue weighted by Crippen LogP contribution is 2.32. The molecule has 0 amide bonds. The van der Waals surface area contributed by atoms with Crippen molar-refractivity contribution in [2.45, 2.75) is 6.42 Å². The normalized spacial score (nSPS) is 10.8. The first kappa shape index (κ1) is 16.1. The van der Waals surface area contributed by atoms with Crippen molar-refractivity contribution in [3.8, 4) is 22.8 Å². The minimum atomic E-state index is 0.681. The van der Waals surface area contributed by atoms with Gasteiger partial charge < -0.3 is 9.47 Å². The number of hydrogen-bond acceptors (Lipinski definition) is 4. The van der Waals surface area contributed by atoms with Gasteiger partial charge in [0.1, 0.15) is 0 Å². The molecular weight excluding hydrogens is 326 g/mol. The molecule has 0 radical (unpaired) electrons. The Bertz CT molecular complexity index is 1040. The smallest absolute Gasteiger partial charge is 0.161 e. The lowest BCUT2D eigenvalue weighted by Crippen LogP contribution is -2.00. The van der Waals surface area contributed by atoms with Crippen LogP contribution >= 0.6 is 0 Å². The fraction of sp³-hybridized carbons (Fsp3) is 0.143. The van der Waals surface area contributed by atoms with Crippen molar-refractivity contribution in [1.82, 2.24) is 14.6 Å². The summed E-state index contributed by atoms with van der Waals surface area (Å²) in [5, 5.41) is 4.79.